The lowest BCUT2D eigenvalue weighted by molar-refractivity contribution is -0.220. The van der Waals surface area contributed by atoms with Gasteiger partial charge < -0.3 is 46.0 Å². The van der Waals surface area contributed by atoms with Crippen molar-refractivity contribution in [3.8, 4) is 0 Å². The van der Waals surface area contributed by atoms with E-state index in [0.717, 1.165) is 32.1 Å². The minimum atomic E-state index is -5.11. The molecule has 9 N–H and O–H groups in total. The third-order valence-corrected chi connectivity index (χ3v) is 12.2. The van der Waals surface area contributed by atoms with Gasteiger partial charge in [0.2, 0.25) is 5.91 Å². The van der Waals surface area contributed by atoms with Crippen LogP contribution < -0.4 is 5.32 Å². The van der Waals surface area contributed by atoms with Crippen molar-refractivity contribution in [1.29, 1.82) is 0 Å². The smallest absolute Gasteiger partial charge is 0.393 e. The first-order valence-corrected chi connectivity index (χ1v) is 24.9. The van der Waals surface area contributed by atoms with Crippen LogP contribution in [0.3, 0.4) is 0 Å². The van der Waals surface area contributed by atoms with E-state index >= 15 is 0 Å². The van der Waals surface area contributed by atoms with Gasteiger partial charge in [-0.15, -0.1) is 0 Å². The molecule has 348 valence electrons. The van der Waals surface area contributed by atoms with Gasteiger partial charge in [0, 0.05) is 0 Å². The zero-order valence-electron chi connectivity index (χ0n) is 36.7. The molecule has 59 heavy (non-hydrogen) atoms. The first-order chi connectivity index (χ1) is 28.3. The molecular formula is C45H86NO12P. The number of aliphatic hydroxyl groups excluding tert-OH is 7. The number of carbonyl (C=O) groups excluding carboxylic acids is 1. The Morgan fingerprint density at radius 1 is 0.593 bits per heavy atom. The van der Waals surface area contributed by atoms with Crippen molar-refractivity contribution in [1.82, 2.24) is 5.32 Å². The molecular weight excluding hydrogens is 777 g/mol. The topological polar surface area (TPSA) is 226 Å². The molecule has 0 radical (unpaired) electrons. The molecule has 0 aromatic carbocycles. The van der Waals surface area contributed by atoms with E-state index in [2.05, 4.69) is 24.4 Å². The van der Waals surface area contributed by atoms with E-state index in [1.807, 2.05) is 6.92 Å². The number of nitrogens with one attached hydrogen (secondary N) is 1. The molecule has 0 saturated heterocycles. The Morgan fingerprint density at radius 2 is 1.02 bits per heavy atom. The fourth-order valence-corrected chi connectivity index (χ4v) is 8.39. The summed E-state index contributed by atoms with van der Waals surface area (Å²) >= 11 is 0. The number of phosphoric ester groups is 1. The third kappa shape index (κ3) is 27.5. The van der Waals surface area contributed by atoms with E-state index < -0.39 is 75.2 Å². The van der Waals surface area contributed by atoms with Crippen LogP contribution in [0.5, 0.6) is 0 Å². The quantitative estimate of drug-likeness (QED) is 0.0166. The highest BCUT2D eigenvalue weighted by atomic mass is 31.2. The van der Waals surface area contributed by atoms with E-state index in [1.54, 1.807) is 6.08 Å². The van der Waals surface area contributed by atoms with Crippen LogP contribution in [-0.4, -0.2) is 108 Å². The molecule has 1 saturated carbocycles. The third-order valence-electron chi connectivity index (χ3n) is 11.3. The summed E-state index contributed by atoms with van der Waals surface area (Å²) in [6.07, 6.45) is 25.8. The standard InChI is InChI=1S/C45H86NO12P/c1-3-5-7-8-9-10-11-12-13-14-15-16-17-18-19-20-21-22-23-24-25-26-27-28-29-31-32-36(47)34-39(49)46-37(38(48)33-30-6-4-2)35-57-59(55,56)58-45-43(53)41(51)40(50)42(52)44(45)54/h18-19,30,33,36-38,40-45,47-48,50-54H,3-17,20-29,31-32,34-35H2,1-2H3,(H,46,49)(H,55,56)/b19-18-,33-30+. The summed E-state index contributed by atoms with van der Waals surface area (Å²) in [5.41, 5.74) is 0. The van der Waals surface area contributed by atoms with Crippen LogP contribution in [0, 0.1) is 0 Å². The predicted octanol–water partition coefficient (Wildman–Crippen LogP) is 7.59. The average Bonchev–Trinajstić information content (AvgIpc) is 3.20. The van der Waals surface area contributed by atoms with Gasteiger partial charge in [0.25, 0.3) is 0 Å². The Hall–Kier alpha value is -1.22. The summed E-state index contributed by atoms with van der Waals surface area (Å²) in [6.45, 7) is 3.47. The second-order valence-electron chi connectivity index (χ2n) is 16.8. The van der Waals surface area contributed by atoms with Crippen molar-refractivity contribution in [3.05, 3.63) is 24.3 Å². The van der Waals surface area contributed by atoms with E-state index in [-0.39, 0.29) is 6.42 Å². The maximum atomic E-state index is 12.8. The Balaban J connectivity index is 2.18. The SMILES string of the molecule is CCC/C=C/C(O)C(COP(=O)(O)OC1C(O)C(O)C(O)C(O)C1O)NC(=O)CC(O)CCCCCCCCCCCC/C=C\CCCCCCCCCCCCCC. The Kier molecular flexibility index (Phi) is 33.3. The second kappa shape index (κ2) is 35.3. The van der Waals surface area contributed by atoms with Crippen LogP contribution >= 0.6 is 7.82 Å². The number of amides is 1. The van der Waals surface area contributed by atoms with Crippen LogP contribution in [0.25, 0.3) is 0 Å². The van der Waals surface area contributed by atoms with Gasteiger partial charge >= 0.3 is 7.82 Å². The number of rotatable bonds is 38. The minimum absolute atomic E-state index is 0.247. The van der Waals surface area contributed by atoms with E-state index in [1.165, 1.54) is 134 Å². The Morgan fingerprint density at radius 3 is 1.47 bits per heavy atom. The van der Waals surface area contributed by atoms with Crippen LogP contribution in [0.15, 0.2) is 24.3 Å². The number of carbonyl (C=O) groups is 1. The number of phosphoric acid groups is 1. The van der Waals surface area contributed by atoms with Gasteiger partial charge in [-0.1, -0.05) is 173 Å². The van der Waals surface area contributed by atoms with Crippen molar-refractivity contribution in [2.45, 2.75) is 249 Å². The molecule has 0 aromatic heterocycles. The molecule has 8 unspecified atom stereocenters. The Labute approximate surface area is 356 Å². The molecule has 1 amide bonds. The van der Waals surface area contributed by atoms with Gasteiger partial charge in [-0.25, -0.2) is 4.57 Å². The van der Waals surface area contributed by atoms with Gasteiger partial charge in [-0.3, -0.25) is 13.8 Å². The fraction of sp³-hybridized carbons (Fsp3) is 0.889. The largest absolute Gasteiger partial charge is 0.472 e. The normalized spacial score (nSPS) is 23.8. The molecule has 1 aliphatic rings. The summed E-state index contributed by atoms with van der Waals surface area (Å²) in [6, 6.07) is -1.23. The number of aliphatic hydroxyl groups is 7. The van der Waals surface area contributed by atoms with Gasteiger partial charge in [-0.2, -0.15) is 0 Å². The van der Waals surface area contributed by atoms with Crippen molar-refractivity contribution >= 4 is 13.7 Å². The molecule has 13 nitrogen and oxygen atoms in total. The van der Waals surface area contributed by atoms with E-state index in [9.17, 15) is 50.0 Å². The Bertz CT molecular complexity index is 1110. The lowest BCUT2D eigenvalue weighted by atomic mass is 9.85. The maximum Gasteiger partial charge on any atom is 0.472 e. The lowest BCUT2D eigenvalue weighted by Gasteiger charge is -2.41. The predicted molar refractivity (Wildman–Crippen MR) is 234 cm³/mol. The zero-order valence-corrected chi connectivity index (χ0v) is 37.6. The maximum absolute atomic E-state index is 12.8. The van der Waals surface area contributed by atoms with Crippen molar-refractivity contribution in [3.63, 3.8) is 0 Å². The summed E-state index contributed by atoms with van der Waals surface area (Å²) in [7, 11) is -5.11. The summed E-state index contributed by atoms with van der Waals surface area (Å²) in [5, 5.41) is 73.5. The fourth-order valence-electron chi connectivity index (χ4n) is 7.42. The van der Waals surface area contributed by atoms with Gasteiger partial charge in [-0.05, 0) is 38.5 Å². The highest BCUT2D eigenvalue weighted by molar-refractivity contribution is 7.47. The molecule has 1 aliphatic carbocycles. The molecule has 0 aliphatic heterocycles. The van der Waals surface area contributed by atoms with E-state index in [4.69, 9.17) is 9.05 Å². The minimum Gasteiger partial charge on any atom is -0.393 e. The zero-order chi connectivity index (χ0) is 43.7. The number of hydrogen-bond donors (Lipinski definition) is 9. The molecule has 8 atom stereocenters. The first kappa shape index (κ1) is 55.8. The second-order valence-corrected chi connectivity index (χ2v) is 18.2. The molecule has 0 heterocycles. The van der Waals surface area contributed by atoms with Crippen LogP contribution in [0.2, 0.25) is 0 Å². The van der Waals surface area contributed by atoms with Crippen molar-refractivity contribution < 1.29 is 59.0 Å². The molecule has 14 heteroatoms. The van der Waals surface area contributed by atoms with Crippen molar-refractivity contribution in [2.75, 3.05) is 6.61 Å². The van der Waals surface area contributed by atoms with Crippen LogP contribution in [0.4, 0.5) is 0 Å². The van der Waals surface area contributed by atoms with Gasteiger partial charge in [0.15, 0.2) is 0 Å². The number of unbranched alkanes of at least 4 members (excludes halogenated alkanes) is 23. The molecule has 1 rings (SSSR count). The first-order valence-electron chi connectivity index (χ1n) is 23.4. The highest BCUT2D eigenvalue weighted by Gasteiger charge is 2.51. The highest BCUT2D eigenvalue weighted by Crippen LogP contribution is 2.47. The molecule has 0 bridgehead atoms. The van der Waals surface area contributed by atoms with E-state index in [0.29, 0.717) is 12.8 Å². The summed E-state index contributed by atoms with van der Waals surface area (Å²) in [5.74, 6) is -0.605. The van der Waals surface area contributed by atoms with Crippen molar-refractivity contribution in [2.24, 2.45) is 0 Å². The lowest BCUT2D eigenvalue weighted by Crippen LogP contribution is -2.64. The molecule has 0 spiro atoms. The summed E-state index contributed by atoms with van der Waals surface area (Å²) in [4.78, 5) is 23.1. The average molecular weight is 864 g/mol. The summed E-state index contributed by atoms with van der Waals surface area (Å²) < 4.78 is 22.5. The van der Waals surface area contributed by atoms with Crippen LogP contribution in [-0.2, 0) is 18.4 Å². The monoisotopic (exact) mass is 864 g/mol. The molecule has 0 aromatic rings. The van der Waals surface area contributed by atoms with Gasteiger partial charge in [0.05, 0.1) is 31.3 Å². The number of hydrogen-bond acceptors (Lipinski definition) is 11. The molecule has 1 fully saturated rings. The van der Waals surface area contributed by atoms with Crippen LogP contribution in [0.1, 0.15) is 194 Å². The van der Waals surface area contributed by atoms with Gasteiger partial charge in [0.1, 0.15) is 36.6 Å². The number of allylic oxidation sites excluding steroid dienone is 3.